The van der Waals surface area contributed by atoms with Gasteiger partial charge < -0.3 is 15.5 Å². The fraction of sp³-hybridized carbons (Fsp3) is 0.786. The van der Waals surface area contributed by atoms with Crippen LogP contribution in [-0.2, 0) is 11.8 Å². The van der Waals surface area contributed by atoms with Crippen LogP contribution in [0.3, 0.4) is 0 Å². The monoisotopic (exact) mass is 536 g/mol. The molecule has 7 aliphatic rings. The van der Waals surface area contributed by atoms with Crippen LogP contribution in [0.4, 0.5) is 5.69 Å². The van der Waals surface area contributed by atoms with Gasteiger partial charge in [-0.05, 0) is 105 Å². The van der Waals surface area contributed by atoms with Crippen LogP contribution >= 0.6 is 40.5 Å². The van der Waals surface area contributed by atoms with Crippen molar-refractivity contribution in [2.75, 3.05) is 18.4 Å². The molecule has 8 atom stereocenters. The molecule has 0 amide bonds. The smallest absolute Gasteiger partial charge is 0.139 e. The first-order valence-electron chi connectivity index (χ1n) is 13.7. The third kappa shape index (κ3) is 3.30. The predicted molar refractivity (Wildman–Crippen MR) is 156 cm³/mol. The highest BCUT2D eigenvalue weighted by Crippen LogP contribution is 2.69. The van der Waals surface area contributed by atoms with Crippen molar-refractivity contribution in [3.63, 3.8) is 0 Å². The molecule has 2 bridgehead atoms. The number of aliphatic hydroxyl groups is 1. The van der Waals surface area contributed by atoms with Gasteiger partial charge in [0.05, 0.1) is 11.3 Å². The standard InChI is InChI=1S/C28H38N2O2.3H2S/c31-22-10-8-18-13-23-28(32)14-21-19-4-2-1-3-17(19)7-9-20(21)26-27(28,24(18)25(22)29-26)11-12-30(23)15-16-5-6-16;;;/h8,10,16-17,19-21,23,26,29,31-32H,1-7,9,11-15H2;3*1H2/t17?,19?,20?,21?,23?,26?,27-,28+;;;/m0.../s1. The number of phenols is 1. The minimum absolute atomic E-state index is 0. The lowest BCUT2D eigenvalue weighted by atomic mass is 9.42. The second-order valence-corrected chi connectivity index (χ2v) is 12.7. The molecule has 8 rings (SSSR count). The van der Waals surface area contributed by atoms with E-state index in [-0.39, 0.29) is 51.9 Å². The number of hydrogen-bond acceptors (Lipinski definition) is 4. The van der Waals surface area contributed by atoms with Crippen LogP contribution < -0.4 is 5.32 Å². The van der Waals surface area contributed by atoms with Gasteiger partial charge in [-0.1, -0.05) is 25.3 Å². The Morgan fingerprint density at radius 3 is 2.54 bits per heavy atom. The van der Waals surface area contributed by atoms with Crippen molar-refractivity contribution in [3.05, 3.63) is 23.3 Å². The van der Waals surface area contributed by atoms with E-state index in [1.54, 1.807) is 0 Å². The van der Waals surface area contributed by atoms with Gasteiger partial charge in [-0.25, -0.2) is 0 Å². The Morgan fingerprint density at radius 1 is 0.943 bits per heavy atom. The van der Waals surface area contributed by atoms with E-state index in [9.17, 15) is 10.2 Å². The van der Waals surface area contributed by atoms with E-state index < -0.39 is 5.60 Å². The fourth-order valence-corrected chi connectivity index (χ4v) is 10.3. The lowest BCUT2D eigenvalue weighted by molar-refractivity contribution is -0.203. The van der Waals surface area contributed by atoms with Gasteiger partial charge in [0.15, 0.2) is 0 Å². The maximum absolute atomic E-state index is 13.0. The van der Waals surface area contributed by atoms with Crippen LogP contribution in [-0.4, -0.2) is 45.9 Å². The minimum atomic E-state index is -0.662. The van der Waals surface area contributed by atoms with E-state index in [1.165, 1.54) is 69.0 Å². The number of rotatable bonds is 2. The molecular weight excluding hydrogens is 493 g/mol. The van der Waals surface area contributed by atoms with E-state index in [0.29, 0.717) is 23.6 Å². The van der Waals surface area contributed by atoms with Crippen molar-refractivity contribution in [3.8, 4) is 5.75 Å². The van der Waals surface area contributed by atoms with Crippen molar-refractivity contribution in [2.24, 2.45) is 29.6 Å². The largest absolute Gasteiger partial charge is 0.506 e. The van der Waals surface area contributed by atoms with E-state index in [4.69, 9.17) is 0 Å². The van der Waals surface area contributed by atoms with Crippen molar-refractivity contribution in [1.29, 1.82) is 0 Å². The fourth-order valence-electron chi connectivity index (χ4n) is 10.3. The summed E-state index contributed by atoms with van der Waals surface area (Å²) >= 11 is 0. The summed E-state index contributed by atoms with van der Waals surface area (Å²) in [6, 6.07) is 4.63. The van der Waals surface area contributed by atoms with Crippen LogP contribution in [0.5, 0.6) is 5.75 Å². The molecule has 1 aromatic rings. The van der Waals surface area contributed by atoms with Crippen molar-refractivity contribution in [2.45, 2.75) is 93.7 Å². The lowest BCUT2D eigenvalue weighted by Gasteiger charge is -2.68. The maximum atomic E-state index is 13.0. The summed E-state index contributed by atoms with van der Waals surface area (Å²) in [5.74, 6) is 4.24. The molecule has 5 fully saturated rings. The van der Waals surface area contributed by atoms with E-state index in [2.05, 4.69) is 16.3 Å². The predicted octanol–water partition coefficient (Wildman–Crippen LogP) is 4.77. The number of likely N-dealkylation sites (tertiary alicyclic amines) is 1. The number of phenolic OH excluding ortho intramolecular Hbond substituents is 1. The first-order valence-corrected chi connectivity index (χ1v) is 13.7. The van der Waals surface area contributed by atoms with Crippen LogP contribution in [0.1, 0.15) is 75.3 Å². The number of anilines is 1. The molecule has 2 aliphatic heterocycles. The second-order valence-electron chi connectivity index (χ2n) is 12.7. The molecule has 6 unspecified atom stereocenters. The van der Waals surface area contributed by atoms with Crippen LogP contribution in [0.15, 0.2) is 12.1 Å². The van der Waals surface area contributed by atoms with Gasteiger partial charge in [0.1, 0.15) is 5.75 Å². The molecular formula is C28H44N2O2S3. The van der Waals surface area contributed by atoms with Gasteiger partial charge in [0, 0.05) is 24.0 Å². The molecule has 4 nitrogen and oxygen atoms in total. The molecule has 1 aromatic carbocycles. The summed E-state index contributed by atoms with van der Waals surface area (Å²) in [5.41, 5.74) is 2.82. The van der Waals surface area contributed by atoms with E-state index in [1.807, 2.05) is 6.07 Å². The number of fused-ring (bicyclic) bond motifs is 4. The highest BCUT2D eigenvalue weighted by Gasteiger charge is 2.73. The van der Waals surface area contributed by atoms with Gasteiger partial charge in [-0.3, -0.25) is 4.90 Å². The average Bonchev–Trinajstić information content (AvgIpc) is 3.54. The highest BCUT2D eigenvalue weighted by atomic mass is 32.1. The van der Waals surface area contributed by atoms with E-state index in [0.717, 1.165) is 49.2 Å². The molecule has 3 N–H and O–H groups in total. The summed E-state index contributed by atoms with van der Waals surface area (Å²) in [7, 11) is 0. The number of benzene rings is 1. The molecule has 5 aliphatic carbocycles. The molecule has 0 radical (unpaired) electrons. The summed E-state index contributed by atoms with van der Waals surface area (Å²) in [5, 5.41) is 27.8. The Bertz CT molecular complexity index is 989. The first kappa shape index (κ1) is 26.4. The summed E-state index contributed by atoms with van der Waals surface area (Å²) in [6.45, 7) is 2.29. The molecule has 196 valence electrons. The van der Waals surface area contributed by atoms with Crippen molar-refractivity contribution < 1.29 is 10.2 Å². The molecule has 2 heterocycles. The highest BCUT2D eigenvalue weighted by molar-refractivity contribution is 7.59. The molecule has 0 aromatic heterocycles. The van der Waals surface area contributed by atoms with Gasteiger partial charge in [-0.15, -0.1) is 0 Å². The Hall–Kier alpha value is -0.210. The Kier molecular flexibility index (Phi) is 6.73. The number of nitrogens with one attached hydrogen (secondary N) is 1. The third-order valence-corrected chi connectivity index (χ3v) is 11.6. The first-order chi connectivity index (χ1) is 15.6. The van der Waals surface area contributed by atoms with Crippen LogP contribution in [0, 0.1) is 29.6 Å². The molecule has 35 heavy (non-hydrogen) atoms. The lowest BCUT2D eigenvalue weighted by Crippen LogP contribution is -2.78. The maximum Gasteiger partial charge on any atom is 0.139 e. The number of piperidine rings is 1. The quantitative estimate of drug-likeness (QED) is 0.477. The zero-order valence-corrected chi connectivity index (χ0v) is 23.7. The molecule has 1 spiro atoms. The van der Waals surface area contributed by atoms with Gasteiger partial charge >= 0.3 is 0 Å². The minimum Gasteiger partial charge on any atom is -0.506 e. The van der Waals surface area contributed by atoms with Gasteiger partial charge in [0.2, 0.25) is 0 Å². The second kappa shape index (κ2) is 8.93. The molecule has 7 heteroatoms. The summed E-state index contributed by atoms with van der Waals surface area (Å²) in [4.78, 5) is 2.70. The van der Waals surface area contributed by atoms with Crippen LogP contribution in [0.2, 0.25) is 0 Å². The number of aromatic hydroxyl groups is 1. The summed E-state index contributed by atoms with van der Waals surface area (Å²) in [6.07, 6.45) is 14.0. The Balaban J connectivity index is 0.000000845. The van der Waals surface area contributed by atoms with Crippen LogP contribution in [0.25, 0.3) is 0 Å². The van der Waals surface area contributed by atoms with Crippen molar-refractivity contribution in [1.82, 2.24) is 4.90 Å². The summed E-state index contributed by atoms with van der Waals surface area (Å²) < 4.78 is 0. The topological polar surface area (TPSA) is 55.7 Å². The molecule has 4 saturated carbocycles. The van der Waals surface area contributed by atoms with Gasteiger partial charge in [0.25, 0.3) is 0 Å². The van der Waals surface area contributed by atoms with E-state index >= 15 is 0 Å². The normalized spacial score (nSPS) is 44.3. The van der Waals surface area contributed by atoms with Gasteiger partial charge in [-0.2, -0.15) is 40.5 Å². The third-order valence-electron chi connectivity index (χ3n) is 11.6. The Labute approximate surface area is 231 Å². The number of nitrogens with zero attached hydrogens (tertiary/aromatic N) is 1. The number of hydrogen-bond donors (Lipinski definition) is 3. The van der Waals surface area contributed by atoms with Crippen molar-refractivity contribution >= 4 is 46.2 Å². The average molecular weight is 537 g/mol. The molecule has 1 saturated heterocycles. The zero-order chi connectivity index (χ0) is 21.2. The zero-order valence-electron chi connectivity index (χ0n) is 20.7. The Morgan fingerprint density at radius 2 is 1.74 bits per heavy atom. The SMILES string of the molecule is Oc1ccc2c3c1NC1C4CCC5CCCCC5C4C[C@@]4(O)C(C2)N(CC2CC2)CC[C@]314.S.S.S.